The molecular formula is C12H20NO4S+. The summed E-state index contributed by atoms with van der Waals surface area (Å²) >= 11 is 1.75. The lowest BCUT2D eigenvalue weighted by Gasteiger charge is -2.11. The molecule has 0 fully saturated rings. The average Bonchev–Trinajstić information content (AvgIpc) is 2.74. The summed E-state index contributed by atoms with van der Waals surface area (Å²) in [6.07, 6.45) is 5.07. The standard InChI is InChI=1S/C12H19NO4S/c1-9(14)11(10(2)17-15-3)12-13(5-7-16-12)6-8-18-4/h5,7,10H,6,8H2,1-4H3/p+1. The molecular weight excluding hydrogens is 254 g/mol. The normalized spacial score (nSPS) is 14.4. The molecule has 0 spiro atoms. The molecule has 1 aromatic rings. The Labute approximate surface area is 111 Å². The number of aryl methyl sites for hydroxylation is 1. The molecule has 0 aliphatic rings. The maximum atomic E-state index is 9.80. The summed E-state index contributed by atoms with van der Waals surface area (Å²) in [5.41, 5.74) is 0.586. The van der Waals surface area contributed by atoms with E-state index in [4.69, 9.17) is 9.30 Å². The first-order valence-electron chi connectivity index (χ1n) is 5.67. The van der Waals surface area contributed by atoms with Crippen LogP contribution in [0.2, 0.25) is 0 Å². The predicted molar refractivity (Wildman–Crippen MR) is 70.1 cm³/mol. The molecule has 1 aromatic heterocycles. The van der Waals surface area contributed by atoms with Crippen molar-refractivity contribution >= 4 is 17.3 Å². The molecule has 0 saturated heterocycles. The average molecular weight is 274 g/mol. The SMILES string of the molecule is COOC(C)/C(=C(/C)O)c1occ[n+]1CCSC. The predicted octanol–water partition coefficient (Wildman–Crippen LogP) is 2.19. The van der Waals surface area contributed by atoms with Gasteiger partial charge in [0.25, 0.3) is 0 Å². The van der Waals surface area contributed by atoms with E-state index in [-0.39, 0.29) is 5.76 Å². The third kappa shape index (κ3) is 3.76. The maximum absolute atomic E-state index is 9.80. The van der Waals surface area contributed by atoms with Crippen molar-refractivity contribution in [2.24, 2.45) is 0 Å². The fourth-order valence-corrected chi connectivity index (χ4v) is 2.08. The van der Waals surface area contributed by atoms with Crippen LogP contribution in [0.4, 0.5) is 0 Å². The molecule has 6 heteroatoms. The van der Waals surface area contributed by atoms with E-state index in [1.165, 1.54) is 7.11 Å². The van der Waals surface area contributed by atoms with Gasteiger partial charge in [-0.25, -0.2) is 9.78 Å². The Bertz CT molecular complexity index is 399. The minimum atomic E-state index is -0.410. The van der Waals surface area contributed by atoms with Crippen molar-refractivity contribution in [2.75, 3.05) is 19.1 Å². The molecule has 1 rings (SSSR count). The van der Waals surface area contributed by atoms with Crippen molar-refractivity contribution in [3.63, 3.8) is 0 Å². The van der Waals surface area contributed by atoms with Gasteiger partial charge in [0, 0.05) is 0 Å². The minimum absolute atomic E-state index is 0.160. The van der Waals surface area contributed by atoms with Crippen molar-refractivity contribution < 1.29 is 23.9 Å². The summed E-state index contributed by atoms with van der Waals surface area (Å²) in [5, 5.41) is 9.80. The molecule has 1 N–H and O–H groups in total. The Morgan fingerprint density at radius 1 is 1.61 bits per heavy atom. The monoisotopic (exact) mass is 274 g/mol. The van der Waals surface area contributed by atoms with Gasteiger partial charge in [-0.15, -0.1) is 0 Å². The first-order chi connectivity index (χ1) is 8.61. The minimum Gasteiger partial charge on any atom is -0.512 e. The van der Waals surface area contributed by atoms with E-state index >= 15 is 0 Å². The van der Waals surface area contributed by atoms with Gasteiger partial charge in [-0.05, 0) is 20.1 Å². The molecule has 0 saturated carbocycles. The highest BCUT2D eigenvalue weighted by molar-refractivity contribution is 7.98. The van der Waals surface area contributed by atoms with Crippen LogP contribution in [0.1, 0.15) is 19.7 Å². The zero-order valence-corrected chi connectivity index (χ0v) is 12.0. The largest absolute Gasteiger partial charge is 0.512 e. The molecule has 0 aromatic carbocycles. The smallest absolute Gasteiger partial charge is 0.382 e. The summed E-state index contributed by atoms with van der Waals surface area (Å²) in [4.78, 5) is 9.71. The summed E-state index contributed by atoms with van der Waals surface area (Å²) < 4.78 is 7.40. The Morgan fingerprint density at radius 3 is 2.89 bits per heavy atom. The summed E-state index contributed by atoms with van der Waals surface area (Å²) in [7, 11) is 1.44. The van der Waals surface area contributed by atoms with E-state index in [1.54, 1.807) is 31.9 Å². The van der Waals surface area contributed by atoms with E-state index in [0.717, 1.165) is 12.3 Å². The fraction of sp³-hybridized carbons (Fsp3) is 0.583. The van der Waals surface area contributed by atoms with Gasteiger partial charge in [0.2, 0.25) is 6.20 Å². The first kappa shape index (κ1) is 15.1. The van der Waals surface area contributed by atoms with Gasteiger partial charge in [-0.3, -0.25) is 0 Å². The maximum Gasteiger partial charge on any atom is 0.382 e. The number of aromatic nitrogens is 1. The summed E-state index contributed by atoms with van der Waals surface area (Å²) in [6, 6.07) is 0. The van der Waals surface area contributed by atoms with E-state index in [9.17, 15) is 5.11 Å². The third-order valence-electron chi connectivity index (χ3n) is 2.48. The molecule has 1 heterocycles. The lowest BCUT2D eigenvalue weighted by molar-refractivity contribution is -0.697. The molecule has 0 bridgehead atoms. The Kier molecular flexibility index (Phi) is 6.24. The van der Waals surface area contributed by atoms with E-state index in [2.05, 4.69) is 4.89 Å². The van der Waals surface area contributed by atoms with Crippen LogP contribution in [0.25, 0.3) is 5.57 Å². The highest BCUT2D eigenvalue weighted by atomic mass is 32.2. The molecule has 0 aliphatic heterocycles. The van der Waals surface area contributed by atoms with Crippen LogP contribution in [0.15, 0.2) is 22.6 Å². The van der Waals surface area contributed by atoms with E-state index in [0.29, 0.717) is 11.5 Å². The second-order valence-electron chi connectivity index (χ2n) is 3.80. The topological polar surface area (TPSA) is 55.7 Å². The highest BCUT2D eigenvalue weighted by Crippen LogP contribution is 2.21. The first-order valence-corrected chi connectivity index (χ1v) is 7.06. The fourth-order valence-electron chi connectivity index (χ4n) is 1.70. The van der Waals surface area contributed by atoms with Gasteiger partial charge >= 0.3 is 5.89 Å². The van der Waals surface area contributed by atoms with Crippen molar-refractivity contribution in [2.45, 2.75) is 26.5 Å². The van der Waals surface area contributed by atoms with Crippen molar-refractivity contribution in [3.05, 3.63) is 24.1 Å². The van der Waals surface area contributed by atoms with Crippen LogP contribution >= 0.6 is 11.8 Å². The number of aliphatic hydroxyl groups excluding tert-OH is 1. The highest BCUT2D eigenvalue weighted by Gasteiger charge is 2.28. The number of allylic oxidation sites excluding steroid dienone is 1. The van der Waals surface area contributed by atoms with Gasteiger partial charge in [0.05, 0.1) is 12.9 Å². The van der Waals surface area contributed by atoms with Crippen LogP contribution in [0.3, 0.4) is 0 Å². The Hall–Kier alpha value is -0.980. The number of aliphatic hydroxyl groups is 1. The molecule has 0 amide bonds. The van der Waals surface area contributed by atoms with E-state index < -0.39 is 6.10 Å². The molecule has 18 heavy (non-hydrogen) atoms. The van der Waals surface area contributed by atoms with Gasteiger partial charge in [0.1, 0.15) is 17.4 Å². The molecule has 102 valence electrons. The van der Waals surface area contributed by atoms with Crippen LogP contribution < -0.4 is 4.57 Å². The zero-order valence-electron chi connectivity index (χ0n) is 11.2. The van der Waals surface area contributed by atoms with E-state index in [1.807, 2.05) is 17.0 Å². The number of thioether (sulfide) groups is 1. The molecule has 1 atom stereocenters. The number of hydrogen-bond donors (Lipinski definition) is 1. The molecule has 0 radical (unpaired) electrons. The van der Waals surface area contributed by atoms with Crippen molar-refractivity contribution in [1.29, 1.82) is 0 Å². The third-order valence-corrected chi connectivity index (χ3v) is 3.08. The lowest BCUT2D eigenvalue weighted by Crippen LogP contribution is -2.38. The Morgan fingerprint density at radius 2 is 2.33 bits per heavy atom. The summed E-state index contributed by atoms with van der Waals surface area (Å²) in [5.74, 6) is 1.72. The molecule has 5 nitrogen and oxygen atoms in total. The van der Waals surface area contributed by atoms with Crippen LogP contribution in [-0.2, 0) is 16.3 Å². The number of oxazole rings is 1. The number of hydrogen-bond acceptors (Lipinski definition) is 5. The summed E-state index contributed by atoms with van der Waals surface area (Å²) in [6.45, 7) is 4.20. The number of nitrogens with zero attached hydrogens (tertiary/aromatic N) is 1. The zero-order chi connectivity index (χ0) is 13.5. The molecule has 0 aliphatic carbocycles. The lowest BCUT2D eigenvalue weighted by atomic mass is 10.1. The quantitative estimate of drug-likeness (QED) is 0.357. The van der Waals surface area contributed by atoms with Gasteiger partial charge < -0.3 is 9.52 Å². The van der Waals surface area contributed by atoms with Gasteiger partial charge in [-0.2, -0.15) is 16.3 Å². The van der Waals surface area contributed by atoms with Crippen LogP contribution in [0, 0.1) is 0 Å². The van der Waals surface area contributed by atoms with Gasteiger partial charge in [0.15, 0.2) is 12.8 Å². The van der Waals surface area contributed by atoms with Crippen LogP contribution in [0.5, 0.6) is 0 Å². The van der Waals surface area contributed by atoms with Crippen molar-refractivity contribution in [1.82, 2.24) is 0 Å². The second-order valence-corrected chi connectivity index (χ2v) is 4.78. The van der Waals surface area contributed by atoms with Crippen LogP contribution in [-0.4, -0.2) is 30.3 Å². The number of rotatable bonds is 7. The molecule has 1 unspecified atom stereocenters. The van der Waals surface area contributed by atoms with Gasteiger partial charge in [-0.1, -0.05) is 0 Å². The Balaban J connectivity index is 3.00. The van der Waals surface area contributed by atoms with Crippen molar-refractivity contribution in [3.8, 4) is 0 Å². The second kappa shape index (κ2) is 7.45.